The van der Waals surface area contributed by atoms with Crippen LogP contribution in [-0.4, -0.2) is 13.0 Å². The Morgan fingerprint density at radius 1 is 1.40 bits per heavy atom. The fraction of sp³-hybridized carbons (Fsp3) is 0.308. The van der Waals surface area contributed by atoms with Crippen LogP contribution in [0.2, 0.25) is 0 Å². The van der Waals surface area contributed by atoms with Gasteiger partial charge in [0.05, 0.1) is 0 Å². The first-order chi connectivity index (χ1) is 7.19. The van der Waals surface area contributed by atoms with E-state index in [2.05, 4.69) is 18.8 Å². The van der Waals surface area contributed by atoms with Crippen molar-refractivity contribution < 1.29 is 4.79 Å². The van der Waals surface area contributed by atoms with Crippen molar-refractivity contribution in [3.8, 4) is 0 Å². The van der Waals surface area contributed by atoms with Crippen molar-refractivity contribution in [2.45, 2.75) is 19.8 Å². The molecule has 2 nitrogen and oxygen atoms in total. The maximum atomic E-state index is 11.4. The van der Waals surface area contributed by atoms with E-state index in [4.69, 9.17) is 0 Å². The number of rotatable bonds is 4. The largest absolute Gasteiger partial charge is 0.355 e. The summed E-state index contributed by atoms with van der Waals surface area (Å²) in [6.07, 6.45) is 2.04. The molecule has 1 amide bonds. The lowest BCUT2D eigenvalue weighted by Crippen LogP contribution is -2.17. The Hall–Kier alpha value is -1.57. The molecule has 0 aliphatic rings. The summed E-state index contributed by atoms with van der Waals surface area (Å²) in [5.74, 6) is -0.0545. The Balaban J connectivity index is 2.92. The Kier molecular flexibility index (Phi) is 4.10. The molecule has 0 unspecified atom stereocenters. The van der Waals surface area contributed by atoms with Crippen molar-refractivity contribution in [2.75, 3.05) is 7.05 Å². The van der Waals surface area contributed by atoms with Gasteiger partial charge >= 0.3 is 0 Å². The minimum atomic E-state index is -0.0545. The van der Waals surface area contributed by atoms with Crippen LogP contribution in [0.15, 0.2) is 30.8 Å². The van der Waals surface area contributed by atoms with E-state index in [1.807, 2.05) is 24.3 Å². The molecule has 0 bridgehead atoms. The van der Waals surface area contributed by atoms with Gasteiger partial charge in [-0.25, -0.2) is 0 Å². The molecule has 0 saturated heterocycles. The van der Waals surface area contributed by atoms with E-state index in [0.29, 0.717) is 5.56 Å². The number of hydrogen-bond acceptors (Lipinski definition) is 1. The molecule has 0 radical (unpaired) electrons. The van der Waals surface area contributed by atoms with Gasteiger partial charge in [-0.3, -0.25) is 4.79 Å². The van der Waals surface area contributed by atoms with Crippen LogP contribution in [0.1, 0.15) is 35.7 Å². The molecule has 80 valence electrons. The third kappa shape index (κ3) is 2.94. The molecule has 0 fully saturated rings. The zero-order valence-electron chi connectivity index (χ0n) is 9.34. The van der Waals surface area contributed by atoms with Crippen molar-refractivity contribution in [1.82, 2.24) is 5.32 Å². The zero-order valence-corrected chi connectivity index (χ0v) is 9.34. The highest BCUT2D eigenvalue weighted by molar-refractivity contribution is 5.94. The second-order valence-electron chi connectivity index (χ2n) is 3.51. The molecule has 0 aromatic heterocycles. The third-order valence-electron chi connectivity index (χ3n) is 2.31. The summed E-state index contributed by atoms with van der Waals surface area (Å²) in [6.45, 7) is 6.13. The van der Waals surface area contributed by atoms with Gasteiger partial charge in [0.15, 0.2) is 0 Å². The number of hydrogen-bond donors (Lipinski definition) is 1. The molecule has 0 heterocycles. The van der Waals surface area contributed by atoms with Gasteiger partial charge in [-0.1, -0.05) is 32.1 Å². The van der Waals surface area contributed by atoms with E-state index in [1.54, 1.807) is 7.05 Å². The number of amides is 1. The van der Waals surface area contributed by atoms with E-state index in [0.717, 1.165) is 24.0 Å². The van der Waals surface area contributed by atoms with Gasteiger partial charge in [0.2, 0.25) is 0 Å². The predicted molar refractivity (Wildman–Crippen MR) is 63.8 cm³/mol. The average molecular weight is 203 g/mol. The van der Waals surface area contributed by atoms with Crippen LogP contribution >= 0.6 is 0 Å². The molecule has 1 rings (SSSR count). The van der Waals surface area contributed by atoms with Crippen LogP contribution in [0.5, 0.6) is 0 Å². The Morgan fingerprint density at radius 3 is 2.67 bits per heavy atom. The molecule has 0 spiro atoms. The number of carbonyl (C=O) groups is 1. The van der Waals surface area contributed by atoms with Crippen molar-refractivity contribution in [2.24, 2.45) is 0 Å². The molecule has 2 heteroatoms. The average Bonchev–Trinajstić information content (AvgIpc) is 2.28. The first kappa shape index (κ1) is 11.5. The van der Waals surface area contributed by atoms with Gasteiger partial charge in [0.1, 0.15) is 0 Å². The molecular formula is C13H17NO. The Morgan fingerprint density at radius 2 is 2.07 bits per heavy atom. The summed E-state index contributed by atoms with van der Waals surface area (Å²) in [7, 11) is 1.63. The van der Waals surface area contributed by atoms with E-state index < -0.39 is 0 Å². The van der Waals surface area contributed by atoms with Gasteiger partial charge in [-0.2, -0.15) is 0 Å². The van der Waals surface area contributed by atoms with Crippen molar-refractivity contribution in [3.63, 3.8) is 0 Å². The highest BCUT2D eigenvalue weighted by Gasteiger charge is 2.04. The summed E-state index contributed by atoms with van der Waals surface area (Å²) < 4.78 is 0. The first-order valence-corrected chi connectivity index (χ1v) is 5.19. The maximum absolute atomic E-state index is 11.4. The lowest BCUT2D eigenvalue weighted by atomic mass is 10.0. The zero-order chi connectivity index (χ0) is 11.3. The van der Waals surface area contributed by atoms with Gasteiger partial charge < -0.3 is 5.32 Å². The highest BCUT2D eigenvalue weighted by atomic mass is 16.1. The van der Waals surface area contributed by atoms with Gasteiger partial charge in [-0.15, -0.1) is 0 Å². The minimum Gasteiger partial charge on any atom is -0.355 e. The maximum Gasteiger partial charge on any atom is 0.251 e. The SMILES string of the molecule is C=C(CCC)c1cccc(C(=O)NC)c1. The normalized spacial score (nSPS) is 9.73. The lowest BCUT2D eigenvalue weighted by molar-refractivity contribution is 0.0963. The number of carbonyl (C=O) groups excluding carboxylic acids is 1. The minimum absolute atomic E-state index is 0.0545. The molecule has 0 aliphatic carbocycles. The second-order valence-corrected chi connectivity index (χ2v) is 3.51. The van der Waals surface area contributed by atoms with Crippen molar-refractivity contribution in [3.05, 3.63) is 42.0 Å². The molecule has 1 aromatic carbocycles. The summed E-state index contributed by atoms with van der Waals surface area (Å²) in [6, 6.07) is 7.57. The smallest absolute Gasteiger partial charge is 0.251 e. The second kappa shape index (κ2) is 5.35. The van der Waals surface area contributed by atoms with Crippen LogP contribution in [0, 0.1) is 0 Å². The molecule has 0 atom stereocenters. The van der Waals surface area contributed by atoms with Gasteiger partial charge in [0, 0.05) is 12.6 Å². The van der Waals surface area contributed by atoms with Crippen LogP contribution in [0.3, 0.4) is 0 Å². The molecule has 15 heavy (non-hydrogen) atoms. The van der Waals surface area contributed by atoms with E-state index in [-0.39, 0.29) is 5.91 Å². The Labute approximate surface area is 91.0 Å². The van der Waals surface area contributed by atoms with Crippen LogP contribution in [0.4, 0.5) is 0 Å². The summed E-state index contributed by atoms with van der Waals surface area (Å²) in [4.78, 5) is 11.4. The number of benzene rings is 1. The fourth-order valence-corrected chi connectivity index (χ4v) is 1.47. The molecule has 0 aliphatic heterocycles. The fourth-order valence-electron chi connectivity index (χ4n) is 1.47. The quantitative estimate of drug-likeness (QED) is 0.801. The van der Waals surface area contributed by atoms with Crippen LogP contribution in [0.25, 0.3) is 5.57 Å². The molecular weight excluding hydrogens is 186 g/mol. The number of allylic oxidation sites excluding steroid dienone is 1. The van der Waals surface area contributed by atoms with Crippen LogP contribution < -0.4 is 5.32 Å². The van der Waals surface area contributed by atoms with Crippen LogP contribution in [-0.2, 0) is 0 Å². The van der Waals surface area contributed by atoms with E-state index in [1.165, 1.54) is 0 Å². The molecule has 1 aromatic rings. The van der Waals surface area contributed by atoms with E-state index in [9.17, 15) is 4.79 Å². The predicted octanol–water partition coefficient (Wildman–Crippen LogP) is 2.86. The highest BCUT2D eigenvalue weighted by Crippen LogP contribution is 2.18. The van der Waals surface area contributed by atoms with Crippen molar-refractivity contribution >= 4 is 11.5 Å². The summed E-state index contributed by atoms with van der Waals surface area (Å²) >= 11 is 0. The molecule has 0 saturated carbocycles. The monoisotopic (exact) mass is 203 g/mol. The van der Waals surface area contributed by atoms with E-state index >= 15 is 0 Å². The molecule has 1 N–H and O–H groups in total. The summed E-state index contributed by atoms with van der Waals surface area (Å²) in [5.41, 5.74) is 2.83. The van der Waals surface area contributed by atoms with Gasteiger partial charge in [0.25, 0.3) is 5.91 Å². The first-order valence-electron chi connectivity index (χ1n) is 5.19. The van der Waals surface area contributed by atoms with Crippen molar-refractivity contribution in [1.29, 1.82) is 0 Å². The summed E-state index contributed by atoms with van der Waals surface area (Å²) in [5, 5.41) is 2.61. The van der Waals surface area contributed by atoms with Gasteiger partial charge in [-0.05, 0) is 29.7 Å². The standard InChI is InChI=1S/C13H17NO/c1-4-6-10(2)11-7-5-8-12(9-11)13(15)14-3/h5,7-9H,2,4,6H2,1,3H3,(H,14,15). The Bertz CT molecular complexity index is 369. The topological polar surface area (TPSA) is 29.1 Å². The lowest BCUT2D eigenvalue weighted by Gasteiger charge is -2.06. The number of nitrogens with one attached hydrogen (secondary N) is 1. The third-order valence-corrected chi connectivity index (χ3v) is 2.31.